The van der Waals surface area contributed by atoms with E-state index in [4.69, 9.17) is 24.3 Å². The highest BCUT2D eigenvalue weighted by molar-refractivity contribution is 7.40. The van der Waals surface area contributed by atoms with Crippen LogP contribution in [0, 0.1) is 0 Å². The Kier molecular flexibility index (Phi) is 4.40. The summed E-state index contributed by atoms with van der Waals surface area (Å²) in [6.07, 6.45) is -0.534. The molecule has 11 nitrogen and oxygen atoms in total. The smallest absolute Gasteiger partial charge is 0.330 e. The van der Waals surface area contributed by atoms with Gasteiger partial charge in [0.2, 0.25) is 0 Å². The highest BCUT2D eigenvalue weighted by Gasteiger charge is 2.55. The molecule has 6 atom stereocenters. The van der Waals surface area contributed by atoms with Gasteiger partial charge < -0.3 is 34.0 Å². The number of hydrogen-bond acceptors (Lipinski definition) is 11. The number of anilines is 3. The van der Waals surface area contributed by atoms with Gasteiger partial charge in [-0.3, -0.25) is 10.2 Å². The van der Waals surface area contributed by atoms with Gasteiger partial charge in [0, 0.05) is 14.2 Å². The van der Waals surface area contributed by atoms with Crippen molar-refractivity contribution >= 4 is 25.9 Å². The van der Waals surface area contributed by atoms with Gasteiger partial charge in [0.25, 0.3) is 0 Å². The van der Waals surface area contributed by atoms with Crippen LogP contribution in [-0.4, -0.2) is 73.5 Å². The van der Waals surface area contributed by atoms with Crippen LogP contribution < -0.4 is 20.9 Å². The molecule has 4 heterocycles. The molecule has 0 aromatic carbocycles. The molecule has 3 aliphatic rings. The molecule has 138 valence electrons. The molecular weight excluding hydrogens is 351 g/mol. The summed E-state index contributed by atoms with van der Waals surface area (Å²) in [6.45, 7) is 0.246. The van der Waals surface area contributed by atoms with Crippen LogP contribution in [0.2, 0.25) is 0 Å². The van der Waals surface area contributed by atoms with Gasteiger partial charge in [-0.05, 0) is 7.05 Å². The molecule has 2 fully saturated rings. The zero-order chi connectivity index (χ0) is 17.7. The van der Waals surface area contributed by atoms with E-state index in [9.17, 15) is 4.89 Å². The van der Waals surface area contributed by atoms with Crippen molar-refractivity contribution in [3.63, 3.8) is 0 Å². The van der Waals surface area contributed by atoms with E-state index in [2.05, 4.69) is 15.3 Å². The summed E-state index contributed by atoms with van der Waals surface area (Å²) in [6, 6.07) is 0. The monoisotopic (exact) mass is 372 g/mol. The number of rotatable bonds is 3. The fourth-order valence-electron chi connectivity index (χ4n) is 3.64. The van der Waals surface area contributed by atoms with E-state index < -0.39 is 27.0 Å². The minimum Gasteiger partial charge on any atom is -0.382 e. The summed E-state index contributed by atoms with van der Waals surface area (Å²) in [7, 11) is 3.40. The van der Waals surface area contributed by atoms with Crippen LogP contribution in [0.15, 0.2) is 6.33 Å². The summed E-state index contributed by atoms with van der Waals surface area (Å²) in [5.41, 5.74) is 6.77. The van der Waals surface area contributed by atoms with Crippen LogP contribution in [0.3, 0.4) is 0 Å². The number of nitrogens with one attached hydrogen (secondary N) is 1. The van der Waals surface area contributed by atoms with Crippen LogP contribution in [0.4, 0.5) is 17.3 Å². The average molecular weight is 372 g/mol. The molecule has 1 aromatic heterocycles. The summed E-state index contributed by atoms with van der Waals surface area (Å²) in [4.78, 5) is 22.1. The maximum Gasteiger partial charge on any atom is 0.330 e. The maximum atomic E-state index is 9.69. The van der Waals surface area contributed by atoms with Crippen molar-refractivity contribution in [1.29, 1.82) is 0 Å². The molecule has 5 unspecified atom stereocenters. The van der Waals surface area contributed by atoms with Crippen molar-refractivity contribution in [2.24, 2.45) is 0 Å². The summed E-state index contributed by atoms with van der Waals surface area (Å²) >= 11 is 0. The third-order valence-electron chi connectivity index (χ3n) is 4.71. The van der Waals surface area contributed by atoms with Crippen LogP contribution >= 0.6 is 8.60 Å². The number of methoxy groups -OCH3 is 1. The molecule has 4 N–H and O–H groups in total. The molecule has 25 heavy (non-hydrogen) atoms. The first-order chi connectivity index (χ1) is 12.1. The number of ether oxygens (including phenoxy) is 2. The van der Waals surface area contributed by atoms with E-state index in [0.29, 0.717) is 11.6 Å². The van der Waals surface area contributed by atoms with Gasteiger partial charge in [-0.25, -0.2) is 9.97 Å². The molecule has 0 saturated carbocycles. The van der Waals surface area contributed by atoms with Gasteiger partial charge in [0.1, 0.15) is 30.3 Å². The lowest BCUT2D eigenvalue weighted by Gasteiger charge is -2.35. The highest BCUT2D eigenvalue weighted by Crippen LogP contribution is 2.48. The zero-order valence-electron chi connectivity index (χ0n) is 14.1. The van der Waals surface area contributed by atoms with E-state index in [1.165, 1.54) is 6.33 Å². The standard InChI is InChI=1S/C13H21N6O5P/c1-15-13-18(2)7-10(14)16-5-17-11(7)19(13)12-9(21-3)8-6(23-12)4-22-25(20)24-8/h5-6,8-9,12-13,15,20H,4H2,1-3H3,(H2,14,16,17)/t6?,8-,9?,12?,13?,25?/m1/s1. The lowest BCUT2D eigenvalue weighted by molar-refractivity contribution is -0.0431. The van der Waals surface area contributed by atoms with Crippen molar-refractivity contribution in [1.82, 2.24) is 15.3 Å². The lowest BCUT2D eigenvalue weighted by Crippen LogP contribution is -2.57. The van der Waals surface area contributed by atoms with E-state index >= 15 is 0 Å². The minimum atomic E-state index is -1.92. The Morgan fingerprint density at radius 1 is 1.48 bits per heavy atom. The van der Waals surface area contributed by atoms with Crippen LogP contribution in [0.5, 0.6) is 0 Å². The van der Waals surface area contributed by atoms with Crippen molar-refractivity contribution in [2.75, 3.05) is 43.3 Å². The molecule has 0 bridgehead atoms. The third-order valence-corrected chi connectivity index (χ3v) is 5.50. The molecule has 2 saturated heterocycles. The second kappa shape index (κ2) is 6.44. The predicted molar refractivity (Wildman–Crippen MR) is 89.6 cm³/mol. The molecule has 12 heteroatoms. The molecule has 4 rings (SSSR count). The molecule has 3 aliphatic heterocycles. The van der Waals surface area contributed by atoms with E-state index in [-0.39, 0.29) is 19.0 Å². The summed E-state index contributed by atoms with van der Waals surface area (Å²) in [5.74, 6) is 1.03. The molecule has 0 aliphatic carbocycles. The second-order valence-electron chi connectivity index (χ2n) is 5.98. The number of fused-ring (bicyclic) bond motifs is 2. The fourth-order valence-corrected chi connectivity index (χ4v) is 4.44. The van der Waals surface area contributed by atoms with Crippen molar-refractivity contribution in [2.45, 2.75) is 30.8 Å². The maximum absolute atomic E-state index is 9.69. The Hall–Kier alpha value is -1.33. The van der Waals surface area contributed by atoms with Crippen molar-refractivity contribution in [3.05, 3.63) is 6.33 Å². The number of nitrogens with zero attached hydrogens (tertiary/aromatic N) is 4. The largest absolute Gasteiger partial charge is 0.382 e. The van der Waals surface area contributed by atoms with Gasteiger partial charge in [0.15, 0.2) is 24.2 Å². The first-order valence-corrected chi connectivity index (χ1v) is 8.95. The van der Waals surface area contributed by atoms with Crippen molar-refractivity contribution in [3.8, 4) is 0 Å². The van der Waals surface area contributed by atoms with Crippen LogP contribution in [0.1, 0.15) is 0 Å². The predicted octanol–water partition coefficient (Wildman–Crippen LogP) is -0.807. The normalized spacial score (nSPS) is 37.3. The quantitative estimate of drug-likeness (QED) is 0.577. The van der Waals surface area contributed by atoms with Gasteiger partial charge in [0.05, 0.1) is 6.61 Å². The first-order valence-electron chi connectivity index (χ1n) is 7.82. The van der Waals surface area contributed by atoms with Gasteiger partial charge >= 0.3 is 8.60 Å². The summed E-state index contributed by atoms with van der Waals surface area (Å²) in [5, 5.41) is 3.23. The molecule has 0 radical (unpaired) electrons. The number of aromatic nitrogens is 2. The van der Waals surface area contributed by atoms with Crippen LogP contribution in [-0.2, 0) is 18.5 Å². The fraction of sp³-hybridized carbons (Fsp3) is 0.692. The lowest BCUT2D eigenvalue weighted by atomic mass is 10.1. The van der Waals surface area contributed by atoms with Gasteiger partial charge in [-0.1, -0.05) is 0 Å². The SMILES string of the molecule is CNC1N(C)c2c(N)ncnc2N1C1OC2COP(O)O[C@H]2C1OC. The Morgan fingerprint density at radius 3 is 3.00 bits per heavy atom. The highest BCUT2D eigenvalue weighted by atomic mass is 31.2. The molecule has 0 spiro atoms. The number of hydrogen-bond donors (Lipinski definition) is 3. The number of nitrogens with two attached hydrogens (primary N) is 1. The zero-order valence-corrected chi connectivity index (χ0v) is 15.0. The molecule has 0 amide bonds. The van der Waals surface area contributed by atoms with E-state index in [1.807, 2.05) is 23.9 Å². The average Bonchev–Trinajstić information content (AvgIpc) is 3.09. The Labute approximate surface area is 146 Å². The minimum absolute atomic E-state index is 0.246. The second-order valence-corrected chi connectivity index (χ2v) is 6.93. The third kappa shape index (κ3) is 2.55. The first kappa shape index (κ1) is 17.1. The van der Waals surface area contributed by atoms with Gasteiger partial charge in [-0.2, -0.15) is 0 Å². The van der Waals surface area contributed by atoms with Crippen molar-refractivity contribution < 1.29 is 23.4 Å². The Morgan fingerprint density at radius 2 is 2.28 bits per heavy atom. The Balaban J connectivity index is 1.72. The topological polar surface area (TPSA) is 127 Å². The van der Waals surface area contributed by atoms with E-state index in [1.54, 1.807) is 7.11 Å². The number of nitrogen functional groups attached to an aromatic ring is 1. The Bertz CT molecular complexity index is 655. The summed E-state index contributed by atoms with van der Waals surface area (Å²) < 4.78 is 22.5. The molecular formula is C13H21N6O5P. The van der Waals surface area contributed by atoms with E-state index in [0.717, 1.165) is 5.69 Å². The van der Waals surface area contributed by atoms with Gasteiger partial charge in [-0.15, -0.1) is 0 Å². The molecule has 1 aromatic rings. The van der Waals surface area contributed by atoms with Crippen LogP contribution in [0.25, 0.3) is 0 Å².